The Labute approximate surface area is 110 Å². The van der Waals surface area contributed by atoms with Gasteiger partial charge in [-0.1, -0.05) is 6.07 Å². The highest BCUT2D eigenvalue weighted by molar-refractivity contribution is 6.26. The van der Waals surface area contributed by atoms with E-state index in [-0.39, 0.29) is 5.69 Å². The topological polar surface area (TPSA) is 75.7 Å². The van der Waals surface area contributed by atoms with Gasteiger partial charge in [-0.3, -0.25) is 14.9 Å². The highest BCUT2D eigenvalue weighted by atomic mass is 19.4. The molecule has 1 aliphatic heterocycles. The van der Waals surface area contributed by atoms with Crippen molar-refractivity contribution in [1.29, 1.82) is 0 Å². The molecule has 0 bridgehead atoms. The van der Waals surface area contributed by atoms with Gasteiger partial charge in [0.15, 0.2) is 0 Å². The van der Waals surface area contributed by atoms with Gasteiger partial charge in [0.05, 0.1) is 5.69 Å². The third-order valence-electron chi connectivity index (χ3n) is 2.32. The van der Waals surface area contributed by atoms with Gasteiger partial charge in [0.2, 0.25) is 11.8 Å². The van der Waals surface area contributed by atoms with Crippen LogP contribution in [0.2, 0.25) is 0 Å². The summed E-state index contributed by atoms with van der Waals surface area (Å²) in [5.41, 5.74) is -0.123. The molecule has 9 heteroatoms. The molecule has 0 spiro atoms. The van der Waals surface area contributed by atoms with Crippen LogP contribution in [0.5, 0.6) is 5.75 Å². The van der Waals surface area contributed by atoms with Gasteiger partial charge in [0, 0.05) is 6.07 Å². The molecular weight excluding hydrogens is 281 g/mol. The third kappa shape index (κ3) is 3.05. The first-order chi connectivity index (χ1) is 9.26. The second kappa shape index (κ2) is 4.83. The fourth-order valence-corrected chi connectivity index (χ4v) is 1.63. The molecule has 1 fully saturated rings. The van der Waals surface area contributed by atoms with Crippen molar-refractivity contribution >= 4 is 23.5 Å². The summed E-state index contributed by atoms with van der Waals surface area (Å²) in [7, 11) is 0. The number of carbonyl (C=O) groups excluding carboxylic acids is 3. The van der Waals surface area contributed by atoms with E-state index in [1.165, 1.54) is 12.1 Å². The number of imide groups is 2. The minimum atomic E-state index is -4.89. The third-order valence-corrected chi connectivity index (χ3v) is 2.32. The number of carbonyl (C=O) groups is 3. The molecule has 1 saturated heterocycles. The van der Waals surface area contributed by atoms with Crippen molar-refractivity contribution in [2.24, 2.45) is 0 Å². The van der Waals surface area contributed by atoms with Crippen molar-refractivity contribution < 1.29 is 32.3 Å². The van der Waals surface area contributed by atoms with Crippen molar-refractivity contribution in [3.63, 3.8) is 0 Å². The molecule has 1 N–H and O–H groups in total. The van der Waals surface area contributed by atoms with Crippen LogP contribution in [0.25, 0.3) is 0 Å². The van der Waals surface area contributed by atoms with Crippen molar-refractivity contribution in [3.8, 4) is 5.75 Å². The zero-order chi connectivity index (χ0) is 14.9. The standard InChI is InChI=1S/C11H7F3N2O4/c12-11(13,14)20-7-3-1-2-6(4-7)16-9(18)5-8(17)15-10(16)19/h1-4H,5H2,(H,15,17,19). The van der Waals surface area contributed by atoms with E-state index >= 15 is 0 Å². The number of anilines is 1. The van der Waals surface area contributed by atoms with Crippen LogP contribution in [0.15, 0.2) is 24.3 Å². The first-order valence-electron chi connectivity index (χ1n) is 5.29. The lowest BCUT2D eigenvalue weighted by Crippen LogP contribution is -2.52. The van der Waals surface area contributed by atoms with Gasteiger partial charge < -0.3 is 4.74 Å². The smallest absolute Gasteiger partial charge is 0.406 e. The lowest BCUT2D eigenvalue weighted by Gasteiger charge is -2.25. The van der Waals surface area contributed by atoms with E-state index in [9.17, 15) is 27.6 Å². The number of ether oxygens (including phenoxy) is 1. The number of halogens is 3. The lowest BCUT2D eigenvalue weighted by molar-refractivity contribution is -0.274. The predicted molar refractivity (Wildman–Crippen MR) is 58.8 cm³/mol. The number of amides is 4. The van der Waals surface area contributed by atoms with Crippen LogP contribution in [0, 0.1) is 0 Å². The van der Waals surface area contributed by atoms with Crippen molar-refractivity contribution in [2.75, 3.05) is 4.90 Å². The van der Waals surface area contributed by atoms with E-state index in [1.807, 2.05) is 5.32 Å². The van der Waals surface area contributed by atoms with E-state index in [2.05, 4.69) is 4.74 Å². The number of barbiturate groups is 1. The molecule has 20 heavy (non-hydrogen) atoms. The van der Waals surface area contributed by atoms with Crippen molar-refractivity contribution in [2.45, 2.75) is 12.8 Å². The van der Waals surface area contributed by atoms with Crippen LogP contribution in [-0.4, -0.2) is 24.2 Å². The van der Waals surface area contributed by atoms with Crippen molar-refractivity contribution in [3.05, 3.63) is 24.3 Å². The maximum absolute atomic E-state index is 12.1. The fraction of sp³-hybridized carbons (Fsp3) is 0.182. The van der Waals surface area contributed by atoms with Crippen LogP contribution in [0.3, 0.4) is 0 Å². The van der Waals surface area contributed by atoms with Gasteiger partial charge in [0.1, 0.15) is 12.2 Å². The van der Waals surface area contributed by atoms with Crippen molar-refractivity contribution in [1.82, 2.24) is 5.32 Å². The second-order valence-corrected chi connectivity index (χ2v) is 3.80. The van der Waals surface area contributed by atoms with Crippen LogP contribution < -0.4 is 15.0 Å². The first-order valence-corrected chi connectivity index (χ1v) is 5.29. The molecule has 1 heterocycles. The summed E-state index contributed by atoms with van der Waals surface area (Å²) in [5.74, 6) is -2.17. The lowest BCUT2D eigenvalue weighted by atomic mass is 10.2. The Bertz CT molecular complexity index is 565. The number of benzene rings is 1. The summed E-state index contributed by atoms with van der Waals surface area (Å²) >= 11 is 0. The van der Waals surface area contributed by atoms with E-state index in [4.69, 9.17) is 0 Å². The molecule has 0 aliphatic carbocycles. The van der Waals surface area contributed by atoms with Crippen LogP contribution >= 0.6 is 0 Å². The Kier molecular flexibility index (Phi) is 3.35. The first kappa shape index (κ1) is 13.8. The van der Waals surface area contributed by atoms with Gasteiger partial charge in [-0.05, 0) is 12.1 Å². The number of alkyl halides is 3. The Balaban J connectivity index is 2.29. The Morgan fingerprint density at radius 2 is 1.90 bits per heavy atom. The largest absolute Gasteiger partial charge is 0.573 e. The molecule has 4 amide bonds. The zero-order valence-electron chi connectivity index (χ0n) is 9.73. The zero-order valence-corrected chi connectivity index (χ0v) is 9.73. The molecule has 2 rings (SSSR count). The number of rotatable bonds is 2. The average molecular weight is 288 g/mol. The number of urea groups is 1. The molecular formula is C11H7F3N2O4. The van der Waals surface area contributed by atoms with Crippen LogP contribution in [0.1, 0.15) is 6.42 Å². The van der Waals surface area contributed by atoms with E-state index < -0.39 is 36.4 Å². The molecule has 1 aromatic rings. The number of hydrogen-bond acceptors (Lipinski definition) is 4. The van der Waals surface area contributed by atoms with Gasteiger partial charge >= 0.3 is 12.4 Å². The number of nitrogens with one attached hydrogen (secondary N) is 1. The Morgan fingerprint density at radius 1 is 1.20 bits per heavy atom. The minimum absolute atomic E-state index is 0.123. The van der Waals surface area contributed by atoms with Crippen LogP contribution in [0.4, 0.5) is 23.7 Å². The molecule has 106 valence electrons. The average Bonchev–Trinajstić information content (AvgIpc) is 2.25. The SMILES string of the molecule is O=C1CC(=O)N(c2cccc(OC(F)(F)F)c2)C(=O)N1. The van der Waals surface area contributed by atoms with E-state index in [0.29, 0.717) is 4.90 Å². The highest BCUT2D eigenvalue weighted by Gasteiger charge is 2.34. The molecule has 0 saturated carbocycles. The molecule has 6 nitrogen and oxygen atoms in total. The molecule has 1 aromatic carbocycles. The fourth-order valence-electron chi connectivity index (χ4n) is 1.63. The van der Waals surface area contributed by atoms with E-state index in [0.717, 1.165) is 12.1 Å². The summed E-state index contributed by atoms with van der Waals surface area (Å²) in [4.78, 5) is 34.7. The molecule has 0 atom stereocenters. The van der Waals surface area contributed by atoms with Gasteiger partial charge in [-0.15, -0.1) is 13.2 Å². The summed E-state index contributed by atoms with van der Waals surface area (Å²) in [5, 5.41) is 1.89. The quantitative estimate of drug-likeness (QED) is 0.838. The summed E-state index contributed by atoms with van der Waals surface area (Å²) < 4.78 is 40.0. The summed E-state index contributed by atoms with van der Waals surface area (Å²) in [6, 6.07) is 3.31. The molecule has 0 unspecified atom stereocenters. The maximum atomic E-state index is 12.1. The number of hydrogen-bond donors (Lipinski definition) is 1. The minimum Gasteiger partial charge on any atom is -0.406 e. The Hall–Kier alpha value is -2.58. The summed E-state index contributed by atoms with van der Waals surface area (Å²) in [6.07, 6.45) is -5.45. The summed E-state index contributed by atoms with van der Waals surface area (Å²) in [6.45, 7) is 0. The monoisotopic (exact) mass is 288 g/mol. The van der Waals surface area contributed by atoms with E-state index in [1.54, 1.807) is 0 Å². The predicted octanol–water partition coefficient (Wildman–Crippen LogP) is 1.56. The second-order valence-electron chi connectivity index (χ2n) is 3.80. The van der Waals surface area contributed by atoms with Crippen LogP contribution in [-0.2, 0) is 9.59 Å². The maximum Gasteiger partial charge on any atom is 0.573 e. The molecule has 0 radical (unpaired) electrons. The Morgan fingerprint density at radius 3 is 2.50 bits per heavy atom. The highest BCUT2D eigenvalue weighted by Crippen LogP contribution is 2.27. The normalized spacial score (nSPS) is 16.1. The van der Waals surface area contributed by atoms with Gasteiger partial charge in [0.25, 0.3) is 0 Å². The van der Waals surface area contributed by atoms with Gasteiger partial charge in [-0.2, -0.15) is 0 Å². The molecule has 0 aromatic heterocycles. The number of nitrogens with zero attached hydrogens (tertiary/aromatic N) is 1. The van der Waals surface area contributed by atoms with Gasteiger partial charge in [-0.25, -0.2) is 9.69 Å². The molecule has 1 aliphatic rings.